The Balaban J connectivity index is 1.74. The standard InChI is InChI=1S/C13H25NO3/c1-3-16-11(2)9-14-12-4-6-17-13(8-12)5-7-15-10-13/h11-12,14H,3-10H2,1-2H3. The van der Waals surface area contributed by atoms with Crippen molar-refractivity contribution in [2.45, 2.75) is 50.9 Å². The lowest BCUT2D eigenvalue weighted by Crippen LogP contribution is -2.48. The number of nitrogens with one attached hydrogen (secondary N) is 1. The Labute approximate surface area is 104 Å². The SMILES string of the molecule is CCOC(C)CNC1CCOC2(CCOC2)C1. The van der Waals surface area contributed by atoms with E-state index < -0.39 is 0 Å². The molecule has 0 aliphatic carbocycles. The Morgan fingerprint density at radius 2 is 2.35 bits per heavy atom. The van der Waals surface area contributed by atoms with Gasteiger partial charge in [0, 0.05) is 38.8 Å². The minimum absolute atomic E-state index is 0.00473. The molecule has 2 rings (SSSR count). The summed E-state index contributed by atoms with van der Waals surface area (Å²) in [7, 11) is 0. The Morgan fingerprint density at radius 3 is 3.06 bits per heavy atom. The molecule has 0 radical (unpaired) electrons. The average Bonchev–Trinajstić information content (AvgIpc) is 2.75. The molecule has 100 valence electrons. The van der Waals surface area contributed by atoms with Crippen molar-refractivity contribution in [3.63, 3.8) is 0 Å². The number of rotatable bonds is 5. The minimum Gasteiger partial charge on any atom is -0.378 e. The van der Waals surface area contributed by atoms with E-state index in [0.717, 1.165) is 52.2 Å². The fraction of sp³-hybridized carbons (Fsp3) is 1.00. The third kappa shape index (κ3) is 3.65. The molecule has 4 heteroatoms. The molecular formula is C13H25NO3. The van der Waals surface area contributed by atoms with Gasteiger partial charge in [-0.3, -0.25) is 0 Å². The van der Waals surface area contributed by atoms with Gasteiger partial charge >= 0.3 is 0 Å². The van der Waals surface area contributed by atoms with Crippen molar-refractivity contribution in [1.82, 2.24) is 5.32 Å². The molecule has 3 unspecified atom stereocenters. The van der Waals surface area contributed by atoms with Gasteiger partial charge in [0.05, 0.1) is 18.3 Å². The molecule has 0 bridgehead atoms. The molecule has 0 aromatic rings. The van der Waals surface area contributed by atoms with Crippen LogP contribution in [0.4, 0.5) is 0 Å². The summed E-state index contributed by atoms with van der Waals surface area (Å²) in [5, 5.41) is 3.60. The van der Waals surface area contributed by atoms with Crippen LogP contribution in [-0.2, 0) is 14.2 Å². The van der Waals surface area contributed by atoms with Crippen LogP contribution in [0, 0.1) is 0 Å². The van der Waals surface area contributed by atoms with Crippen molar-refractivity contribution < 1.29 is 14.2 Å². The Kier molecular flexibility index (Phi) is 4.79. The van der Waals surface area contributed by atoms with Crippen molar-refractivity contribution in [3.05, 3.63) is 0 Å². The van der Waals surface area contributed by atoms with E-state index in [-0.39, 0.29) is 5.60 Å². The predicted molar refractivity (Wildman–Crippen MR) is 66.2 cm³/mol. The molecule has 0 aromatic heterocycles. The fourth-order valence-electron chi connectivity index (χ4n) is 2.74. The molecule has 4 nitrogen and oxygen atoms in total. The summed E-state index contributed by atoms with van der Waals surface area (Å²) in [5.74, 6) is 0. The van der Waals surface area contributed by atoms with Crippen LogP contribution in [0.5, 0.6) is 0 Å². The van der Waals surface area contributed by atoms with E-state index in [0.29, 0.717) is 12.1 Å². The van der Waals surface area contributed by atoms with E-state index in [2.05, 4.69) is 12.2 Å². The highest BCUT2D eigenvalue weighted by Crippen LogP contribution is 2.32. The summed E-state index contributed by atoms with van der Waals surface area (Å²) in [6, 6.07) is 0.549. The molecule has 3 atom stereocenters. The fourth-order valence-corrected chi connectivity index (χ4v) is 2.74. The van der Waals surface area contributed by atoms with E-state index in [1.165, 1.54) is 0 Å². The van der Waals surface area contributed by atoms with E-state index in [4.69, 9.17) is 14.2 Å². The van der Waals surface area contributed by atoms with E-state index in [1.807, 2.05) is 6.92 Å². The van der Waals surface area contributed by atoms with E-state index >= 15 is 0 Å². The third-order valence-corrected chi connectivity index (χ3v) is 3.71. The molecule has 2 aliphatic rings. The van der Waals surface area contributed by atoms with Crippen LogP contribution < -0.4 is 5.32 Å². The van der Waals surface area contributed by atoms with Crippen LogP contribution >= 0.6 is 0 Å². The van der Waals surface area contributed by atoms with Crippen LogP contribution in [0.3, 0.4) is 0 Å². The zero-order chi connectivity index (χ0) is 12.1. The average molecular weight is 243 g/mol. The minimum atomic E-state index is 0.00473. The molecular weight excluding hydrogens is 218 g/mol. The van der Waals surface area contributed by atoms with Crippen LogP contribution in [0.15, 0.2) is 0 Å². The molecule has 2 saturated heterocycles. The maximum absolute atomic E-state index is 5.91. The normalized spacial score (nSPS) is 35.3. The molecule has 0 amide bonds. The maximum Gasteiger partial charge on any atom is 0.0951 e. The first kappa shape index (κ1) is 13.3. The Morgan fingerprint density at radius 1 is 1.47 bits per heavy atom. The predicted octanol–water partition coefficient (Wildman–Crippen LogP) is 1.34. The number of ether oxygens (including phenoxy) is 3. The van der Waals surface area contributed by atoms with Gasteiger partial charge in [0.25, 0.3) is 0 Å². The van der Waals surface area contributed by atoms with Gasteiger partial charge < -0.3 is 19.5 Å². The van der Waals surface area contributed by atoms with Gasteiger partial charge in [-0.2, -0.15) is 0 Å². The summed E-state index contributed by atoms with van der Waals surface area (Å²) in [5.41, 5.74) is 0.00473. The molecule has 0 aromatic carbocycles. The number of hydrogen-bond donors (Lipinski definition) is 1. The van der Waals surface area contributed by atoms with Gasteiger partial charge in [-0.15, -0.1) is 0 Å². The quantitative estimate of drug-likeness (QED) is 0.791. The van der Waals surface area contributed by atoms with Gasteiger partial charge in [0.2, 0.25) is 0 Å². The monoisotopic (exact) mass is 243 g/mol. The van der Waals surface area contributed by atoms with Crippen LogP contribution in [0.25, 0.3) is 0 Å². The van der Waals surface area contributed by atoms with Gasteiger partial charge in [0.1, 0.15) is 0 Å². The first-order valence-electron chi connectivity index (χ1n) is 6.81. The summed E-state index contributed by atoms with van der Waals surface area (Å²) < 4.78 is 16.9. The Bertz CT molecular complexity index is 229. The summed E-state index contributed by atoms with van der Waals surface area (Å²) >= 11 is 0. The Hall–Kier alpha value is -0.160. The highest BCUT2D eigenvalue weighted by molar-refractivity contribution is 4.92. The molecule has 2 fully saturated rings. The van der Waals surface area contributed by atoms with Gasteiger partial charge in [0.15, 0.2) is 0 Å². The van der Waals surface area contributed by atoms with Crippen LogP contribution in [0.2, 0.25) is 0 Å². The molecule has 0 saturated carbocycles. The first-order valence-corrected chi connectivity index (χ1v) is 6.81. The molecule has 2 aliphatic heterocycles. The second kappa shape index (κ2) is 6.14. The van der Waals surface area contributed by atoms with Crippen molar-refractivity contribution in [1.29, 1.82) is 0 Å². The van der Waals surface area contributed by atoms with E-state index in [9.17, 15) is 0 Å². The van der Waals surface area contributed by atoms with Crippen molar-refractivity contribution in [2.75, 3.05) is 33.0 Å². The van der Waals surface area contributed by atoms with Crippen molar-refractivity contribution in [2.24, 2.45) is 0 Å². The summed E-state index contributed by atoms with van der Waals surface area (Å²) in [6.07, 6.45) is 3.51. The summed E-state index contributed by atoms with van der Waals surface area (Å²) in [6.45, 7) is 8.34. The zero-order valence-electron chi connectivity index (χ0n) is 11.0. The van der Waals surface area contributed by atoms with Crippen molar-refractivity contribution >= 4 is 0 Å². The van der Waals surface area contributed by atoms with Gasteiger partial charge in [-0.25, -0.2) is 0 Å². The van der Waals surface area contributed by atoms with Crippen LogP contribution in [0.1, 0.15) is 33.1 Å². The molecule has 2 heterocycles. The second-order valence-corrected chi connectivity index (χ2v) is 5.20. The lowest BCUT2D eigenvalue weighted by molar-refractivity contribution is -0.0903. The van der Waals surface area contributed by atoms with Gasteiger partial charge in [-0.1, -0.05) is 0 Å². The smallest absolute Gasteiger partial charge is 0.0951 e. The van der Waals surface area contributed by atoms with Crippen LogP contribution in [-0.4, -0.2) is 50.7 Å². The second-order valence-electron chi connectivity index (χ2n) is 5.20. The highest BCUT2D eigenvalue weighted by Gasteiger charge is 2.40. The highest BCUT2D eigenvalue weighted by atomic mass is 16.6. The van der Waals surface area contributed by atoms with E-state index in [1.54, 1.807) is 0 Å². The van der Waals surface area contributed by atoms with Gasteiger partial charge in [-0.05, 0) is 26.7 Å². The lowest BCUT2D eigenvalue weighted by Gasteiger charge is -2.37. The topological polar surface area (TPSA) is 39.7 Å². The largest absolute Gasteiger partial charge is 0.378 e. The maximum atomic E-state index is 5.91. The zero-order valence-corrected chi connectivity index (χ0v) is 11.0. The third-order valence-electron chi connectivity index (χ3n) is 3.71. The number of hydrogen-bond acceptors (Lipinski definition) is 4. The molecule has 1 N–H and O–H groups in total. The molecule has 1 spiro atoms. The first-order chi connectivity index (χ1) is 8.24. The molecule has 17 heavy (non-hydrogen) atoms. The summed E-state index contributed by atoms with van der Waals surface area (Å²) in [4.78, 5) is 0. The van der Waals surface area contributed by atoms with Crippen molar-refractivity contribution in [3.8, 4) is 0 Å². The lowest BCUT2D eigenvalue weighted by atomic mass is 9.89.